The van der Waals surface area contributed by atoms with Gasteiger partial charge in [-0.25, -0.2) is 17.8 Å². The normalized spacial score (nSPS) is 13.5. The van der Waals surface area contributed by atoms with Crippen LogP contribution in [0.3, 0.4) is 0 Å². The highest BCUT2D eigenvalue weighted by Crippen LogP contribution is 2.16. The molecule has 0 aliphatic carbocycles. The summed E-state index contributed by atoms with van der Waals surface area (Å²) in [6.45, 7) is 1.64. The van der Waals surface area contributed by atoms with E-state index >= 15 is 0 Å². The van der Waals surface area contributed by atoms with E-state index in [1.165, 1.54) is 6.20 Å². The number of halogens is 2. The molecule has 1 rings (SSSR count). The van der Waals surface area contributed by atoms with Crippen LogP contribution in [0.2, 0.25) is 5.02 Å². The highest BCUT2D eigenvalue weighted by molar-refractivity contribution is 7.90. The quantitative estimate of drug-likeness (QED) is 0.902. The van der Waals surface area contributed by atoms with Crippen molar-refractivity contribution in [1.29, 1.82) is 0 Å². The van der Waals surface area contributed by atoms with Crippen LogP contribution in [0.25, 0.3) is 0 Å². The maximum atomic E-state index is 13.3. The number of anilines is 1. The molecule has 0 fully saturated rings. The molecule has 0 saturated heterocycles. The van der Waals surface area contributed by atoms with Gasteiger partial charge in [0.2, 0.25) is 0 Å². The van der Waals surface area contributed by atoms with Gasteiger partial charge in [0, 0.05) is 18.5 Å². The smallest absolute Gasteiger partial charge is 0.166 e. The molecule has 16 heavy (non-hydrogen) atoms. The number of hydrogen-bond donors (Lipinski definition) is 1. The molecule has 90 valence electrons. The van der Waals surface area contributed by atoms with Crippen molar-refractivity contribution >= 4 is 27.3 Å². The molecule has 1 atom stereocenters. The predicted molar refractivity (Wildman–Crippen MR) is 62.0 cm³/mol. The lowest BCUT2D eigenvalue weighted by atomic mass is 10.3. The largest absolute Gasteiger partial charge is 0.364 e. The molecule has 0 aromatic carbocycles. The zero-order chi connectivity index (χ0) is 12.3. The van der Waals surface area contributed by atoms with Crippen molar-refractivity contribution < 1.29 is 12.8 Å². The fourth-order valence-corrected chi connectivity index (χ4v) is 2.39. The molecule has 0 aliphatic heterocycles. The van der Waals surface area contributed by atoms with Crippen molar-refractivity contribution in [3.8, 4) is 0 Å². The Balaban J connectivity index is 2.73. The van der Waals surface area contributed by atoms with E-state index in [4.69, 9.17) is 11.6 Å². The SMILES string of the molecule is CC(CS(C)(=O)=O)Nc1ncc(Cl)cc1F. The summed E-state index contributed by atoms with van der Waals surface area (Å²) < 4.78 is 35.3. The molecule has 1 unspecified atom stereocenters. The Morgan fingerprint density at radius 3 is 2.75 bits per heavy atom. The van der Waals surface area contributed by atoms with Crippen LogP contribution in [0.4, 0.5) is 10.2 Å². The van der Waals surface area contributed by atoms with Crippen molar-refractivity contribution in [3.05, 3.63) is 23.1 Å². The van der Waals surface area contributed by atoms with Gasteiger partial charge in [-0.1, -0.05) is 11.6 Å². The minimum Gasteiger partial charge on any atom is -0.364 e. The van der Waals surface area contributed by atoms with Gasteiger partial charge in [-0.15, -0.1) is 0 Å². The molecular formula is C9H12ClFN2O2S. The molecule has 0 amide bonds. The van der Waals surface area contributed by atoms with Gasteiger partial charge >= 0.3 is 0 Å². The first-order valence-electron chi connectivity index (χ1n) is 4.53. The number of nitrogens with one attached hydrogen (secondary N) is 1. The van der Waals surface area contributed by atoms with Gasteiger partial charge < -0.3 is 5.32 Å². The first-order chi connectivity index (χ1) is 7.28. The fourth-order valence-electron chi connectivity index (χ4n) is 1.25. The van der Waals surface area contributed by atoms with Crippen molar-refractivity contribution in [1.82, 2.24) is 4.98 Å². The highest BCUT2D eigenvalue weighted by Gasteiger charge is 2.13. The third kappa shape index (κ3) is 4.32. The van der Waals surface area contributed by atoms with E-state index in [1.54, 1.807) is 6.92 Å². The second-order valence-electron chi connectivity index (χ2n) is 3.62. The van der Waals surface area contributed by atoms with Crippen LogP contribution >= 0.6 is 11.6 Å². The van der Waals surface area contributed by atoms with Crippen molar-refractivity contribution in [2.75, 3.05) is 17.3 Å². The first-order valence-corrected chi connectivity index (χ1v) is 6.97. The maximum Gasteiger partial charge on any atom is 0.166 e. The van der Waals surface area contributed by atoms with Crippen LogP contribution in [0, 0.1) is 5.82 Å². The summed E-state index contributed by atoms with van der Waals surface area (Å²) in [6.07, 6.45) is 2.41. The molecular weight excluding hydrogens is 255 g/mol. The summed E-state index contributed by atoms with van der Waals surface area (Å²) in [5, 5.41) is 2.86. The highest BCUT2D eigenvalue weighted by atomic mass is 35.5. The Hall–Kier alpha value is -0.880. The summed E-state index contributed by atoms with van der Waals surface area (Å²) in [4.78, 5) is 3.73. The van der Waals surface area contributed by atoms with Crippen LogP contribution in [0.5, 0.6) is 0 Å². The Kier molecular flexibility index (Phi) is 4.09. The predicted octanol–water partition coefficient (Wildman–Crippen LogP) is 1.72. The van der Waals surface area contributed by atoms with Gasteiger partial charge in [-0.2, -0.15) is 0 Å². The Bertz CT molecular complexity index is 478. The summed E-state index contributed by atoms with van der Waals surface area (Å²) in [5.74, 6) is -0.690. The van der Waals surface area contributed by atoms with Crippen molar-refractivity contribution in [2.24, 2.45) is 0 Å². The van der Waals surface area contributed by atoms with Crippen molar-refractivity contribution in [2.45, 2.75) is 13.0 Å². The summed E-state index contributed by atoms with van der Waals surface area (Å²) >= 11 is 5.53. The number of rotatable bonds is 4. The second-order valence-corrected chi connectivity index (χ2v) is 6.24. The molecule has 0 bridgehead atoms. The Labute approximate surface area is 98.8 Å². The summed E-state index contributed by atoms with van der Waals surface area (Å²) in [7, 11) is -3.10. The van der Waals surface area contributed by atoms with E-state index in [0.717, 1.165) is 12.3 Å². The van der Waals surface area contributed by atoms with E-state index in [2.05, 4.69) is 10.3 Å². The topological polar surface area (TPSA) is 59.1 Å². The number of hydrogen-bond acceptors (Lipinski definition) is 4. The minimum atomic E-state index is -3.10. The molecule has 4 nitrogen and oxygen atoms in total. The monoisotopic (exact) mass is 266 g/mol. The lowest BCUT2D eigenvalue weighted by Gasteiger charge is -2.13. The van der Waals surface area contributed by atoms with Gasteiger partial charge in [0.25, 0.3) is 0 Å². The van der Waals surface area contributed by atoms with Gasteiger partial charge in [0.05, 0.1) is 10.8 Å². The number of sulfone groups is 1. The molecule has 0 aliphatic rings. The molecule has 7 heteroatoms. The Morgan fingerprint density at radius 2 is 2.25 bits per heavy atom. The van der Waals surface area contributed by atoms with Crippen molar-refractivity contribution in [3.63, 3.8) is 0 Å². The zero-order valence-corrected chi connectivity index (χ0v) is 10.4. The lowest BCUT2D eigenvalue weighted by molar-refractivity contribution is 0.595. The number of nitrogens with zero attached hydrogens (tertiary/aromatic N) is 1. The first kappa shape index (κ1) is 13.2. The third-order valence-corrected chi connectivity index (χ3v) is 3.06. The zero-order valence-electron chi connectivity index (χ0n) is 8.87. The summed E-state index contributed by atoms with van der Waals surface area (Å²) in [6, 6.07) is 0.697. The molecule has 1 aromatic rings. The average Bonchev–Trinajstić information content (AvgIpc) is 2.06. The Morgan fingerprint density at radius 1 is 1.62 bits per heavy atom. The molecule has 1 heterocycles. The number of aromatic nitrogens is 1. The number of pyridine rings is 1. The molecule has 0 radical (unpaired) electrons. The van der Waals surface area contributed by atoms with E-state index in [-0.39, 0.29) is 16.6 Å². The van der Waals surface area contributed by atoms with Crippen LogP contribution in [-0.4, -0.2) is 31.5 Å². The van der Waals surface area contributed by atoms with Crippen LogP contribution < -0.4 is 5.32 Å². The maximum absolute atomic E-state index is 13.3. The van der Waals surface area contributed by atoms with Crippen LogP contribution in [0.1, 0.15) is 6.92 Å². The van der Waals surface area contributed by atoms with Gasteiger partial charge in [-0.3, -0.25) is 0 Å². The van der Waals surface area contributed by atoms with E-state index in [0.29, 0.717) is 0 Å². The minimum absolute atomic E-state index is 0.000509. The van der Waals surface area contributed by atoms with Gasteiger partial charge in [0.15, 0.2) is 11.6 Å². The van der Waals surface area contributed by atoms with Gasteiger partial charge in [-0.05, 0) is 13.0 Å². The van der Waals surface area contributed by atoms with E-state index in [9.17, 15) is 12.8 Å². The van der Waals surface area contributed by atoms with Crippen LogP contribution in [-0.2, 0) is 9.84 Å². The third-order valence-electron chi connectivity index (χ3n) is 1.74. The second kappa shape index (κ2) is 4.97. The van der Waals surface area contributed by atoms with E-state index in [1.807, 2.05) is 0 Å². The van der Waals surface area contributed by atoms with Crippen LogP contribution in [0.15, 0.2) is 12.3 Å². The van der Waals surface area contributed by atoms with Gasteiger partial charge in [0.1, 0.15) is 9.84 Å². The summed E-state index contributed by atoms with van der Waals surface area (Å²) in [5.41, 5.74) is 0. The molecule has 0 spiro atoms. The molecule has 1 aromatic heterocycles. The van der Waals surface area contributed by atoms with E-state index < -0.39 is 21.7 Å². The molecule has 1 N–H and O–H groups in total. The fraction of sp³-hybridized carbons (Fsp3) is 0.444. The standard InChI is InChI=1S/C9H12ClFN2O2S/c1-6(5-16(2,14)15)13-9-8(11)3-7(10)4-12-9/h3-4,6H,5H2,1-2H3,(H,12,13). The lowest BCUT2D eigenvalue weighted by Crippen LogP contribution is -2.25. The average molecular weight is 267 g/mol. The molecule has 0 saturated carbocycles.